The topological polar surface area (TPSA) is 61.6 Å². The summed E-state index contributed by atoms with van der Waals surface area (Å²) in [5, 5.41) is 13.2. The number of likely N-dealkylation sites (tertiary alicyclic amines) is 1. The molecule has 134 valence electrons. The second-order valence-corrected chi connectivity index (χ2v) is 5.29. The number of carbonyl (C=O) groups excluding carboxylic acids is 1. The van der Waals surface area contributed by atoms with E-state index in [0.29, 0.717) is 6.54 Å². The molecular formula is C12H19Cl2F3N4O2. The molecule has 1 aromatic rings. The Morgan fingerprint density at radius 1 is 1.39 bits per heavy atom. The SMILES string of the molecule is CN(C)[C@@H]1CN(C(=O)Cn2ccc(C(F)(F)F)n2)C[C@H]1O.Cl.Cl. The molecule has 0 aromatic carbocycles. The Bertz CT molecular complexity index is 525. The lowest BCUT2D eigenvalue weighted by Crippen LogP contribution is -2.38. The first-order valence-corrected chi connectivity index (χ1v) is 6.41. The summed E-state index contributed by atoms with van der Waals surface area (Å²) in [4.78, 5) is 15.3. The fourth-order valence-electron chi connectivity index (χ4n) is 2.32. The fourth-order valence-corrected chi connectivity index (χ4v) is 2.32. The second kappa shape index (κ2) is 8.18. The van der Waals surface area contributed by atoms with Crippen LogP contribution in [0.1, 0.15) is 5.69 Å². The third-order valence-corrected chi connectivity index (χ3v) is 3.50. The number of rotatable bonds is 3. The molecular weight excluding hydrogens is 360 g/mol. The normalized spacial score (nSPS) is 21.1. The molecule has 23 heavy (non-hydrogen) atoms. The Balaban J connectivity index is 0.00000242. The summed E-state index contributed by atoms with van der Waals surface area (Å²) in [6.45, 7) is 0.248. The maximum Gasteiger partial charge on any atom is 0.435 e. The van der Waals surface area contributed by atoms with Crippen molar-refractivity contribution in [3.8, 4) is 0 Å². The molecule has 1 aliphatic rings. The first kappa shape index (κ1) is 22.0. The Morgan fingerprint density at radius 2 is 2.00 bits per heavy atom. The number of aromatic nitrogens is 2. The Morgan fingerprint density at radius 3 is 2.43 bits per heavy atom. The minimum atomic E-state index is -4.52. The van der Waals surface area contributed by atoms with Gasteiger partial charge in [-0.15, -0.1) is 24.8 Å². The third-order valence-electron chi connectivity index (χ3n) is 3.50. The van der Waals surface area contributed by atoms with Crippen LogP contribution in [0, 0.1) is 0 Å². The average molecular weight is 379 g/mol. The zero-order chi connectivity index (χ0) is 15.8. The summed E-state index contributed by atoms with van der Waals surface area (Å²) >= 11 is 0. The molecule has 2 heterocycles. The first-order valence-electron chi connectivity index (χ1n) is 6.41. The molecule has 11 heteroatoms. The Kier molecular flexibility index (Phi) is 7.82. The largest absolute Gasteiger partial charge is 0.435 e. The number of halogens is 5. The summed E-state index contributed by atoms with van der Waals surface area (Å²) < 4.78 is 38.2. The molecule has 1 saturated heterocycles. The van der Waals surface area contributed by atoms with Gasteiger partial charge in [0.25, 0.3) is 0 Å². The summed E-state index contributed by atoms with van der Waals surface area (Å²) in [5.41, 5.74) is -1.03. The van der Waals surface area contributed by atoms with Crippen LogP contribution in [0.3, 0.4) is 0 Å². The van der Waals surface area contributed by atoms with Crippen molar-refractivity contribution in [2.75, 3.05) is 27.2 Å². The number of carbonyl (C=O) groups is 1. The second-order valence-electron chi connectivity index (χ2n) is 5.29. The lowest BCUT2D eigenvalue weighted by atomic mass is 10.2. The standard InChI is InChI=1S/C12H17F3N4O2.2ClH/c1-17(2)8-5-18(6-9(8)20)11(21)7-19-4-3-10(16-19)12(13,14)15;;/h3-4,8-9,20H,5-7H2,1-2H3;2*1H/t8-,9-;;/m1../s1. The van der Waals surface area contributed by atoms with E-state index < -0.39 is 18.0 Å². The van der Waals surface area contributed by atoms with Crippen LogP contribution in [0.15, 0.2) is 12.3 Å². The van der Waals surface area contributed by atoms with Crippen LogP contribution in [0.4, 0.5) is 13.2 Å². The van der Waals surface area contributed by atoms with E-state index in [4.69, 9.17) is 0 Å². The van der Waals surface area contributed by atoms with Gasteiger partial charge >= 0.3 is 6.18 Å². The fraction of sp³-hybridized carbons (Fsp3) is 0.667. The van der Waals surface area contributed by atoms with E-state index >= 15 is 0 Å². The zero-order valence-electron chi connectivity index (χ0n) is 12.5. The molecule has 2 atom stereocenters. The van der Waals surface area contributed by atoms with Crippen LogP contribution < -0.4 is 0 Å². The Labute approximate surface area is 144 Å². The van der Waals surface area contributed by atoms with Crippen molar-refractivity contribution < 1.29 is 23.1 Å². The van der Waals surface area contributed by atoms with Gasteiger partial charge in [-0.3, -0.25) is 9.48 Å². The number of likely N-dealkylation sites (N-methyl/N-ethyl adjacent to an activating group) is 1. The van der Waals surface area contributed by atoms with Gasteiger partial charge < -0.3 is 14.9 Å². The maximum absolute atomic E-state index is 12.4. The molecule has 0 saturated carbocycles. The van der Waals surface area contributed by atoms with Gasteiger partial charge in [-0.25, -0.2) is 0 Å². The molecule has 0 radical (unpaired) electrons. The van der Waals surface area contributed by atoms with E-state index in [-0.39, 0.29) is 49.9 Å². The van der Waals surface area contributed by atoms with Gasteiger partial charge in [0.2, 0.25) is 5.91 Å². The molecule has 0 aliphatic carbocycles. The van der Waals surface area contributed by atoms with Crippen molar-refractivity contribution in [1.82, 2.24) is 19.6 Å². The highest BCUT2D eigenvalue weighted by Gasteiger charge is 2.36. The molecule has 1 amide bonds. The molecule has 0 unspecified atom stereocenters. The summed E-state index contributed by atoms with van der Waals surface area (Å²) in [7, 11) is 3.59. The number of aliphatic hydroxyl groups excluding tert-OH is 1. The molecule has 6 nitrogen and oxygen atoms in total. The number of nitrogens with zero attached hydrogens (tertiary/aromatic N) is 4. The number of hydrogen-bond acceptors (Lipinski definition) is 4. The highest BCUT2D eigenvalue weighted by atomic mass is 35.5. The summed E-state index contributed by atoms with van der Waals surface area (Å²) in [5.74, 6) is -0.366. The quantitative estimate of drug-likeness (QED) is 0.847. The van der Waals surface area contributed by atoms with Crippen molar-refractivity contribution in [2.24, 2.45) is 0 Å². The van der Waals surface area contributed by atoms with Crippen LogP contribution >= 0.6 is 24.8 Å². The van der Waals surface area contributed by atoms with E-state index in [2.05, 4.69) is 5.10 Å². The third kappa shape index (κ3) is 5.23. The van der Waals surface area contributed by atoms with Crippen molar-refractivity contribution in [3.05, 3.63) is 18.0 Å². The van der Waals surface area contributed by atoms with E-state index in [9.17, 15) is 23.1 Å². The van der Waals surface area contributed by atoms with E-state index in [1.54, 1.807) is 14.1 Å². The maximum atomic E-state index is 12.4. The molecule has 1 N–H and O–H groups in total. The smallest absolute Gasteiger partial charge is 0.390 e. The number of β-amino-alcohol motifs (C(OH)–C–C–N with tert-alkyl or cyclic N) is 1. The van der Waals surface area contributed by atoms with Crippen molar-refractivity contribution in [3.63, 3.8) is 0 Å². The molecule has 1 aliphatic heterocycles. The first-order chi connectivity index (χ1) is 9.68. The van der Waals surface area contributed by atoms with Crippen LogP contribution in [0.5, 0.6) is 0 Å². The van der Waals surface area contributed by atoms with Gasteiger partial charge in [0.05, 0.1) is 12.1 Å². The van der Waals surface area contributed by atoms with E-state index in [1.165, 1.54) is 4.90 Å². The van der Waals surface area contributed by atoms with Gasteiger partial charge in [-0.1, -0.05) is 0 Å². The highest BCUT2D eigenvalue weighted by Crippen LogP contribution is 2.27. The van der Waals surface area contributed by atoms with Crippen LogP contribution in [-0.4, -0.2) is 69.9 Å². The number of hydrogen-bond donors (Lipinski definition) is 1. The van der Waals surface area contributed by atoms with Gasteiger partial charge in [0.15, 0.2) is 5.69 Å². The summed E-state index contributed by atoms with van der Waals surface area (Å²) in [6, 6.07) is 0.659. The lowest BCUT2D eigenvalue weighted by molar-refractivity contribution is -0.142. The number of alkyl halides is 3. The van der Waals surface area contributed by atoms with Crippen molar-refractivity contribution >= 4 is 30.7 Å². The lowest BCUT2D eigenvalue weighted by Gasteiger charge is -2.21. The molecule has 1 fully saturated rings. The zero-order valence-corrected chi connectivity index (χ0v) is 14.2. The van der Waals surface area contributed by atoms with E-state index in [0.717, 1.165) is 16.9 Å². The summed E-state index contributed by atoms with van der Waals surface area (Å²) in [6.07, 6.45) is -4.06. The molecule has 1 aromatic heterocycles. The minimum absolute atomic E-state index is 0. The van der Waals surface area contributed by atoms with Gasteiger partial charge in [-0.2, -0.15) is 18.3 Å². The van der Waals surface area contributed by atoms with Crippen LogP contribution in [-0.2, 0) is 17.5 Å². The Hall–Kier alpha value is -1.03. The van der Waals surface area contributed by atoms with Crippen LogP contribution in [0.2, 0.25) is 0 Å². The molecule has 0 bridgehead atoms. The highest BCUT2D eigenvalue weighted by molar-refractivity contribution is 5.85. The van der Waals surface area contributed by atoms with Gasteiger partial charge in [-0.05, 0) is 20.2 Å². The van der Waals surface area contributed by atoms with Gasteiger partial charge in [0, 0.05) is 19.3 Å². The van der Waals surface area contributed by atoms with Crippen molar-refractivity contribution in [2.45, 2.75) is 24.9 Å². The van der Waals surface area contributed by atoms with Crippen LogP contribution in [0.25, 0.3) is 0 Å². The van der Waals surface area contributed by atoms with E-state index in [1.807, 2.05) is 4.90 Å². The monoisotopic (exact) mass is 378 g/mol. The van der Waals surface area contributed by atoms with Gasteiger partial charge in [0.1, 0.15) is 6.54 Å². The molecule has 2 rings (SSSR count). The minimum Gasteiger partial charge on any atom is -0.390 e. The van der Waals surface area contributed by atoms with Crippen molar-refractivity contribution in [1.29, 1.82) is 0 Å². The number of aliphatic hydroxyl groups is 1. The predicted molar refractivity (Wildman–Crippen MR) is 81.8 cm³/mol. The molecule has 0 spiro atoms. The average Bonchev–Trinajstić information content (AvgIpc) is 2.94. The predicted octanol–water partition coefficient (Wildman–Crippen LogP) is 0.879. The number of amides is 1.